The molecular weight excluding hydrogens is 276 g/mol. The van der Waals surface area contributed by atoms with E-state index in [4.69, 9.17) is 5.26 Å². The van der Waals surface area contributed by atoms with Crippen molar-refractivity contribution in [3.63, 3.8) is 0 Å². The number of nitriles is 1. The molecule has 7 heteroatoms. The van der Waals surface area contributed by atoms with Crippen molar-refractivity contribution in [3.05, 3.63) is 48.3 Å². The molecule has 2 aromatic rings. The zero-order chi connectivity index (χ0) is 14.9. The van der Waals surface area contributed by atoms with Crippen LogP contribution in [0.3, 0.4) is 0 Å². The topological polar surface area (TPSA) is 79.8 Å². The first-order valence-electron chi connectivity index (χ1n) is 5.95. The highest BCUT2D eigenvalue weighted by atomic mass is 32.1. The second-order valence-corrected chi connectivity index (χ2v) is 5.78. The average Bonchev–Trinajstić information content (AvgIpc) is 2.84. The third kappa shape index (κ3) is 2.38. The molecule has 0 aliphatic heterocycles. The van der Waals surface area contributed by atoms with Crippen molar-refractivity contribution in [1.29, 1.82) is 5.26 Å². The van der Waals surface area contributed by atoms with Gasteiger partial charge in [-0.25, -0.2) is 4.79 Å². The molecule has 0 saturated heterocycles. The molecule has 0 spiro atoms. The minimum atomic E-state index is -0.583. The maximum absolute atomic E-state index is 11.9. The Bertz CT molecular complexity index is 807. The molecule has 0 radical (unpaired) electrons. The molecule has 6 nitrogen and oxygen atoms in total. The van der Waals surface area contributed by atoms with Crippen molar-refractivity contribution < 1.29 is 0 Å². The van der Waals surface area contributed by atoms with Gasteiger partial charge >= 0.3 is 5.69 Å². The molecule has 2 aromatic heterocycles. The molecule has 0 amide bonds. The van der Waals surface area contributed by atoms with Gasteiger partial charge in [0.25, 0.3) is 5.56 Å². The van der Waals surface area contributed by atoms with Gasteiger partial charge in [0.15, 0.2) is 5.56 Å². The summed E-state index contributed by atoms with van der Waals surface area (Å²) in [4.78, 5) is 26.0. The van der Waals surface area contributed by atoms with Crippen molar-refractivity contribution in [3.8, 4) is 6.07 Å². The van der Waals surface area contributed by atoms with E-state index >= 15 is 0 Å². The van der Waals surface area contributed by atoms with Crippen molar-refractivity contribution in [1.82, 2.24) is 9.13 Å². The lowest BCUT2D eigenvalue weighted by molar-refractivity contribution is 0.685. The van der Waals surface area contributed by atoms with Gasteiger partial charge in [-0.1, -0.05) is 0 Å². The molecule has 0 atom stereocenters. The van der Waals surface area contributed by atoms with Crippen LogP contribution < -0.4 is 16.6 Å². The minimum absolute atomic E-state index is 0.0529. The number of aromatic nitrogens is 2. The molecule has 0 unspecified atom stereocenters. The van der Waals surface area contributed by atoms with Crippen LogP contribution in [0.2, 0.25) is 0 Å². The lowest BCUT2D eigenvalue weighted by atomic mass is 10.3. The van der Waals surface area contributed by atoms with Crippen LogP contribution in [0, 0.1) is 18.3 Å². The number of nitrogens with one attached hydrogen (secondary N) is 1. The van der Waals surface area contributed by atoms with Gasteiger partial charge in [0.05, 0.1) is 6.54 Å². The van der Waals surface area contributed by atoms with E-state index in [0.717, 1.165) is 9.44 Å². The molecule has 2 heterocycles. The standard InChI is InChI=1S/C13H14N4O2S/c1-8-4-5-9(20-8)7-15-11-10(6-14)12(18)17(3)13(19)16(11)2/h4-5,15H,7H2,1-3H3. The second-order valence-electron chi connectivity index (χ2n) is 4.41. The summed E-state index contributed by atoms with van der Waals surface area (Å²) in [6, 6.07) is 5.83. The first kappa shape index (κ1) is 14.1. The van der Waals surface area contributed by atoms with Crippen molar-refractivity contribution >= 4 is 17.2 Å². The van der Waals surface area contributed by atoms with Gasteiger partial charge in [0.1, 0.15) is 11.9 Å². The molecule has 104 valence electrons. The molecule has 20 heavy (non-hydrogen) atoms. The predicted molar refractivity (Wildman–Crippen MR) is 78.0 cm³/mol. The van der Waals surface area contributed by atoms with Crippen LogP contribution in [0.4, 0.5) is 5.82 Å². The van der Waals surface area contributed by atoms with Crippen LogP contribution in [0.1, 0.15) is 15.3 Å². The number of aryl methyl sites for hydroxylation is 1. The number of anilines is 1. The molecular formula is C13H14N4O2S. The SMILES string of the molecule is Cc1ccc(CNc2c(C#N)c(=O)n(C)c(=O)n2C)s1. The molecule has 0 fully saturated rings. The zero-order valence-corrected chi connectivity index (χ0v) is 12.2. The highest BCUT2D eigenvalue weighted by Gasteiger charge is 2.15. The summed E-state index contributed by atoms with van der Waals surface area (Å²) in [7, 11) is 2.89. The Morgan fingerprint density at radius 2 is 2.00 bits per heavy atom. The Morgan fingerprint density at radius 1 is 1.30 bits per heavy atom. The Hall–Kier alpha value is -2.33. The van der Waals surface area contributed by atoms with Crippen LogP contribution in [0.15, 0.2) is 21.7 Å². The van der Waals surface area contributed by atoms with Crippen molar-refractivity contribution in [2.24, 2.45) is 14.1 Å². The monoisotopic (exact) mass is 290 g/mol. The number of hydrogen-bond acceptors (Lipinski definition) is 5. The summed E-state index contributed by atoms with van der Waals surface area (Å²) in [6.45, 7) is 2.47. The van der Waals surface area contributed by atoms with E-state index in [1.54, 1.807) is 11.3 Å². The van der Waals surface area contributed by atoms with Gasteiger partial charge in [-0.15, -0.1) is 11.3 Å². The lowest BCUT2D eigenvalue weighted by Gasteiger charge is -2.12. The summed E-state index contributed by atoms with van der Waals surface area (Å²) < 4.78 is 2.21. The van der Waals surface area contributed by atoms with Crippen LogP contribution in [-0.4, -0.2) is 9.13 Å². The summed E-state index contributed by atoms with van der Waals surface area (Å²) in [6.07, 6.45) is 0. The lowest BCUT2D eigenvalue weighted by Crippen LogP contribution is -2.39. The molecule has 0 aliphatic rings. The third-order valence-corrected chi connectivity index (χ3v) is 4.00. The smallest absolute Gasteiger partial charge is 0.332 e. The number of nitrogens with zero attached hydrogens (tertiary/aromatic N) is 3. The Morgan fingerprint density at radius 3 is 2.55 bits per heavy atom. The fraction of sp³-hybridized carbons (Fsp3) is 0.308. The van der Waals surface area contributed by atoms with Crippen LogP contribution >= 0.6 is 11.3 Å². The molecule has 0 aromatic carbocycles. The van der Waals surface area contributed by atoms with Crippen molar-refractivity contribution in [2.45, 2.75) is 13.5 Å². The van der Waals surface area contributed by atoms with Gasteiger partial charge in [-0.3, -0.25) is 13.9 Å². The first-order chi connectivity index (χ1) is 9.45. The van der Waals surface area contributed by atoms with Crippen LogP contribution in [0.5, 0.6) is 0 Å². The summed E-state index contributed by atoms with van der Waals surface area (Å²) >= 11 is 1.62. The van der Waals surface area contributed by atoms with E-state index in [-0.39, 0.29) is 11.4 Å². The van der Waals surface area contributed by atoms with E-state index < -0.39 is 11.2 Å². The summed E-state index contributed by atoms with van der Waals surface area (Å²) in [5.41, 5.74) is -1.10. The van der Waals surface area contributed by atoms with Crippen LogP contribution in [-0.2, 0) is 20.6 Å². The molecule has 2 rings (SSSR count). The number of hydrogen-bond donors (Lipinski definition) is 1. The largest absolute Gasteiger partial charge is 0.365 e. The van der Waals surface area contributed by atoms with E-state index in [1.807, 2.05) is 25.1 Å². The summed E-state index contributed by atoms with van der Waals surface area (Å²) in [5.74, 6) is 0.256. The van der Waals surface area contributed by atoms with Crippen LogP contribution in [0.25, 0.3) is 0 Å². The van der Waals surface area contributed by atoms with Gasteiger partial charge in [-0.2, -0.15) is 5.26 Å². The molecule has 1 N–H and O–H groups in total. The maximum Gasteiger partial charge on any atom is 0.332 e. The fourth-order valence-corrected chi connectivity index (χ4v) is 2.73. The van der Waals surface area contributed by atoms with Crippen molar-refractivity contribution in [2.75, 3.05) is 5.32 Å². The van der Waals surface area contributed by atoms with Gasteiger partial charge in [-0.05, 0) is 19.1 Å². The Kier molecular flexibility index (Phi) is 3.77. The normalized spacial score (nSPS) is 10.3. The first-order valence-corrected chi connectivity index (χ1v) is 6.76. The van der Waals surface area contributed by atoms with Gasteiger partial charge in [0, 0.05) is 23.8 Å². The van der Waals surface area contributed by atoms with E-state index in [2.05, 4.69) is 5.32 Å². The van der Waals surface area contributed by atoms with Gasteiger partial charge in [0.2, 0.25) is 0 Å². The molecule has 0 bridgehead atoms. The highest BCUT2D eigenvalue weighted by Crippen LogP contribution is 2.17. The minimum Gasteiger partial charge on any atom is -0.365 e. The molecule has 0 aliphatic carbocycles. The van der Waals surface area contributed by atoms with Gasteiger partial charge < -0.3 is 5.32 Å². The van der Waals surface area contributed by atoms with E-state index in [0.29, 0.717) is 6.54 Å². The molecule has 0 saturated carbocycles. The predicted octanol–water partition coefficient (Wildman–Crippen LogP) is 0.938. The number of rotatable bonds is 3. The Balaban J connectivity index is 2.44. The second kappa shape index (κ2) is 5.35. The summed E-state index contributed by atoms with van der Waals surface area (Å²) in [5, 5.41) is 12.1. The fourth-order valence-electron chi connectivity index (χ4n) is 1.90. The average molecular weight is 290 g/mol. The zero-order valence-electron chi connectivity index (χ0n) is 11.4. The maximum atomic E-state index is 11.9. The van der Waals surface area contributed by atoms with E-state index in [1.165, 1.54) is 23.5 Å². The number of thiophene rings is 1. The highest BCUT2D eigenvalue weighted by molar-refractivity contribution is 7.11. The Labute approximate surface area is 119 Å². The van der Waals surface area contributed by atoms with E-state index in [9.17, 15) is 9.59 Å². The quantitative estimate of drug-likeness (QED) is 0.912. The third-order valence-electron chi connectivity index (χ3n) is 3.00.